The van der Waals surface area contributed by atoms with Crippen LogP contribution in [0.5, 0.6) is 5.75 Å². The summed E-state index contributed by atoms with van der Waals surface area (Å²) in [5.74, 6) is 0.969. The molecule has 1 atom stereocenters. The second kappa shape index (κ2) is 6.63. The molecule has 0 aromatic heterocycles. The van der Waals surface area contributed by atoms with E-state index < -0.39 is 0 Å². The first-order valence-corrected chi connectivity index (χ1v) is 7.85. The van der Waals surface area contributed by atoms with Gasteiger partial charge < -0.3 is 10.1 Å². The molecule has 1 N–H and O–H groups in total. The third-order valence-corrected chi connectivity index (χ3v) is 4.49. The first-order chi connectivity index (χ1) is 9.97. The van der Waals surface area contributed by atoms with Crippen LogP contribution in [0.3, 0.4) is 0 Å². The van der Waals surface area contributed by atoms with E-state index in [9.17, 15) is 0 Å². The molecule has 2 rings (SSSR count). The summed E-state index contributed by atoms with van der Waals surface area (Å²) in [7, 11) is 3.72. The molecule has 112 valence electrons. The van der Waals surface area contributed by atoms with E-state index in [-0.39, 0.29) is 6.04 Å². The molecular formula is C18H22BrNO. The van der Waals surface area contributed by atoms with Gasteiger partial charge in [-0.25, -0.2) is 0 Å². The van der Waals surface area contributed by atoms with E-state index >= 15 is 0 Å². The minimum Gasteiger partial charge on any atom is -0.496 e. The molecule has 3 heteroatoms. The van der Waals surface area contributed by atoms with Gasteiger partial charge in [-0.05, 0) is 56.1 Å². The Bertz CT molecular complexity index is 629. The first kappa shape index (κ1) is 16.1. The molecule has 0 aliphatic rings. The number of aryl methyl sites for hydroxylation is 3. The first-order valence-electron chi connectivity index (χ1n) is 7.06. The Balaban J connectivity index is 2.54. The van der Waals surface area contributed by atoms with Gasteiger partial charge in [0.2, 0.25) is 0 Å². The molecule has 0 heterocycles. The van der Waals surface area contributed by atoms with Crippen molar-refractivity contribution in [1.82, 2.24) is 5.32 Å². The topological polar surface area (TPSA) is 21.3 Å². The van der Waals surface area contributed by atoms with Crippen LogP contribution >= 0.6 is 15.9 Å². The van der Waals surface area contributed by atoms with Crippen LogP contribution < -0.4 is 10.1 Å². The molecule has 2 nitrogen and oxygen atoms in total. The van der Waals surface area contributed by atoms with E-state index in [2.05, 4.69) is 72.3 Å². The summed E-state index contributed by atoms with van der Waals surface area (Å²) in [6.45, 7) is 6.30. The van der Waals surface area contributed by atoms with Gasteiger partial charge in [-0.2, -0.15) is 0 Å². The largest absolute Gasteiger partial charge is 0.496 e. The summed E-state index contributed by atoms with van der Waals surface area (Å²) < 4.78 is 6.59. The summed E-state index contributed by atoms with van der Waals surface area (Å²) in [6, 6.07) is 11.0. The van der Waals surface area contributed by atoms with Crippen LogP contribution in [0.25, 0.3) is 0 Å². The van der Waals surface area contributed by atoms with Gasteiger partial charge in [0.1, 0.15) is 5.75 Å². The zero-order valence-corrected chi connectivity index (χ0v) is 14.8. The molecule has 0 fully saturated rings. The van der Waals surface area contributed by atoms with E-state index in [4.69, 9.17) is 4.74 Å². The van der Waals surface area contributed by atoms with Crippen molar-refractivity contribution in [2.45, 2.75) is 26.8 Å². The SMILES string of the molecule is CNC(c1cc(C)c(OC)c(C)c1)c1cc(C)ccc1Br. The van der Waals surface area contributed by atoms with Gasteiger partial charge in [0.25, 0.3) is 0 Å². The molecule has 0 aliphatic carbocycles. The average Bonchev–Trinajstić information content (AvgIpc) is 2.43. The van der Waals surface area contributed by atoms with Crippen LogP contribution in [0.4, 0.5) is 0 Å². The van der Waals surface area contributed by atoms with Gasteiger partial charge >= 0.3 is 0 Å². The molecule has 21 heavy (non-hydrogen) atoms. The summed E-state index contributed by atoms with van der Waals surface area (Å²) >= 11 is 3.67. The number of hydrogen-bond acceptors (Lipinski definition) is 2. The number of halogens is 1. The lowest BCUT2D eigenvalue weighted by Gasteiger charge is -2.21. The molecular weight excluding hydrogens is 326 g/mol. The zero-order valence-electron chi connectivity index (χ0n) is 13.3. The third kappa shape index (κ3) is 3.30. The molecule has 0 saturated carbocycles. The zero-order chi connectivity index (χ0) is 15.6. The Hall–Kier alpha value is -1.32. The Labute approximate surface area is 135 Å². The third-order valence-electron chi connectivity index (χ3n) is 3.77. The predicted molar refractivity (Wildman–Crippen MR) is 92.2 cm³/mol. The molecule has 1 unspecified atom stereocenters. The van der Waals surface area contributed by atoms with Gasteiger partial charge in [-0.3, -0.25) is 0 Å². The molecule has 0 radical (unpaired) electrons. The smallest absolute Gasteiger partial charge is 0.124 e. The van der Waals surface area contributed by atoms with E-state index in [0.29, 0.717) is 0 Å². The number of rotatable bonds is 4. The van der Waals surface area contributed by atoms with Gasteiger partial charge in [-0.1, -0.05) is 45.8 Å². The van der Waals surface area contributed by atoms with E-state index in [0.717, 1.165) is 21.3 Å². The fourth-order valence-corrected chi connectivity index (χ4v) is 3.33. The number of methoxy groups -OCH3 is 1. The maximum Gasteiger partial charge on any atom is 0.124 e. The van der Waals surface area contributed by atoms with Crippen molar-refractivity contribution in [3.05, 3.63) is 62.6 Å². The van der Waals surface area contributed by atoms with Crippen LogP contribution in [-0.2, 0) is 0 Å². The van der Waals surface area contributed by atoms with Crippen molar-refractivity contribution >= 4 is 15.9 Å². The lowest BCUT2D eigenvalue weighted by Crippen LogP contribution is -2.18. The number of nitrogens with one attached hydrogen (secondary N) is 1. The Morgan fingerprint density at radius 1 is 1.05 bits per heavy atom. The van der Waals surface area contributed by atoms with Crippen molar-refractivity contribution in [3.8, 4) is 5.75 Å². The fourth-order valence-electron chi connectivity index (χ4n) is 2.86. The minimum absolute atomic E-state index is 0.155. The number of ether oxygens (including phenoxy) is 1. The molecule has 2 aromatic carbocycles. The maximum atomic E-state index is 5.46. The Kier molecular flexibility index (Phi) is 5.07. The standard InChI is InChI=1S/C18H22BrNO/c1-11-6-7-16(19)15(8-11)17(20-4)14-9-12(2)18(21-5)13(3)10-14/h6-10,17,20H,1-5H3. The number of benzene rings is 2. The predicted octanol–water partition coefficient (Wildman–Crippen LogP) is 4.69. The molecule has 0 bridgehead atoms. The van der Waals surface area contributed by atoms with Gasteiger partial charge in [0.05, 0.1) is 13.2 Å². The van der Waals surface area contributed by atoms with Gasteiger partial charge in [0.15, 0.2) is 0 Å². The summed E-state index contributed by atoms with van der Waals surface area (Å²) in [5, 5.41) is 3.42. The van der Waals surface area contributed by atoms with E-state index in [1.54, 1.807) is 7.11 Å². The number of hydrogen-bond donors (Lipinski definition) is 1. The lowest BCUT2D eigenvalue weighted by molar-refractivity contribution is 0.408. The van der Waals surface area contributed by atoms with E-state index in [1.807, 2.05) is 7.05 Å². The summed E-state index contributed by atoms with van der Waals surface area (Å²) in [6.07, 6.45) is 0. The summed E-state index contributed by atoms with van der Waals surface area (Å²) in [5.41, 5.74) is 6.09. The second-order valence-electron chi connectivity index (χ2n) is 5.43. The minimum atomic E-state index is 0.155. The Morgan fingerprint density at radius 2 is 1.67 bits per heavy atom. The van der Waals surface area contributed by atoms with Crippen LogP contribution in [-0.4, -0.2) is 14.2 Å². The van der Waals surface area contributed by atoms with Crippen LogP contribution in [0, 0.1) is 20.8 Å². The molecule has 0 saturated heterocycles. The summed E-state index contributed by atoms with van der Waals surface area (Å²) in [4.78, 5) is 0. The van der Waals surface area contributed by atoms with Crippen molar-refractivity contribution in [1.29, 1.82) is 0 Å². The fraction of sp³-hybridized carbons (Fsp3) is 0.333. The van der Waals surface area contributed by atoms with Crippen LogP contribution in [0.1, 0.15) is 33.9 Å². The highest BCUT2D eigenvalue weighted by molar-refractivity contribution is 9.10. The highest BCUT2D eigenvalue weighted by Crippen LogP contribution is 2.33. The molecule has 2 aromatic rings. The quantitative estimate of drug-likeness (QED) is 0.865. The van der Waals surface area contributed by atoms with Crippen molar-refractivity contribution in [2.24, 2.45) is 0 Å². The molecule has 0 spiro atoms. The maximum absolute atomic E-state index is 5.46. The lowest BCUT2D eigenvalue weighted by atomic mass is 9.94. The Morgan fingerprint density at radius 3 is 2.19 bits per heavy atom. The van der Waals surface area contributed by atoms with Gasteiger partial charge in [0, 0.05) is 4.47 Å². The highest BCUT2D eigenvalue weighted by Gasteiger charge is 2.17. The molecule has 0 amide bonds. The van der Waals surface area contributed by atoms with E-state index in [1.165, 1.54) is 16.7 Å². The second-order valence-corrected chi connectivity index (χ2v) is 6.29. The monoisotopic (exact) mass is 347 g/mol. The normalized spacial score (nSPS) is 12.3. The van der Waals surface area contributed by atoms with Crippen molar-refractivity contribution in [2.75, 3.05) is 14.2 Å². The van der Waals surface area contributed by atoms with Gasteiger partial charge in [-0.15, -0.1) is 0 Å². The van der Waals surface area contributed by atoms with Crippen molar-refractivity contribution in [3.63, 3.8) is 0 Å². The highest BCUT2D eigenvalue weighted by atomic mass is 79.9. The average molecular weight is 348 g/mol. The van der Waals surface area contributed by atoms with Crippen LogP contribution in [0.2, 0.25) is 0 Å². The molecule has 0 aliphatic heterocycles. The van der Waals surface area contributed by atoms with Crippen LogP contribution in [0.15, 0.2) is 34.8 Å². The van der Waals surface area contributed by atoms with Crippen molar-refractivity contribution < 1.29 is 4.74 Å².